The molecule has 8 nitrogen and oxygen atoms in total. The van der Waals surface area contributed by atoms with E-state index in [9.17, 15) is 19.7 Å². The van der Waals surface area contributed by atoms with Crippen molar-refractivity contribution >= 4 is 23.7 Å². The lowest BCUT2D eigenvalue weighted by Gasteiger charge is -2.09. The van der Waals surface area contributed by atoms with Crippen LogP contribution in [0.3, 0.4) is 0 Å². The lowest BCUT2D eigenvalue weighted by Crippen LogP contribution is -2.13. The molecule has 0 aromatic heterocycles. The number of methoxy groups -OCH3 is 2. The van der Waals surface area contributed by atoms with E-state index >= 15 is 0 Å². The lowest BCUT2D eigenvalue weighted by atomic mass is 10.0. The van der Waals surface area contributed by atoms with Crippen molar-refractivity contribution < 1.29 is 24.0 Å². The zero-order valence-corrected chi connectivity index (χ0v) is 12.7. The molecule has 0 N–H and O–H groups in total. The zero-order chi connectivity index (χ0) is 16.9. The van der Waals surface area contributed by atoms with E-state index < -0.39 is 16.9 Å². The van der Waals surface area contributed by atoms with Gasteiger partial charge in [-0.2, -0.15) is 0 Å². The first-order valence-corrected chi connectivity index (χ1v) is 6.15. The largest absolute Gasteiger partial charge is 0.465 e. The molecule has 0 spiro atoms. The SMILES string of the molecule is COC(=O)c1cc(/C=C/N(C)C)c([N+](=O)[O-])cc1C(=O)OC. The molecule has 0 saturated carbocycles. The average Bonchev–Trinajstić information content (AvgIpc) is 2.50. The Bertz CT molecular complexity index is 636. The summed E-state index contributed by atoms with van der Waals surface area (Å²) >= 11 is 0. The number of carbonyl (C=O) groups is 2. The number of rotatable bonds is 5. The van der Waals surface area contributed by atoms with Gasteiger partial charge in [-0.1, -0.05) is 0 Å². The highest BCUT2D eigenvalue weighted by Gasteiger charge is 2.25. The van der Waals surface area contributed by atoms with Crippen molar-refractivity contribution in [3.63, 3.8) is 0 Å². The fraction of sp³-hybridized carbons (Fsp3) is 0.286. The van der Waals surface area contributed by atoms with Gasteiger partial charge in [-0.25, -0.2) is 9.59 Å². The molecule has 8 heteroatoms. The Kier molecular flexibility index (Phi) is 5.62. The predicted octanol–water partition coefficient (Wildman–Crippen LogP) is 1.70. The molecule has 0 amide bonds. The van der Waals surface area contributed by atoms with Gasteiger partial charge in [-0.05, 0) is 18.3 Å². The third-order valence-electron chi connectivity index (χ3n) is 2.73. The lowest BCUT2D eigenvalue weighted by molar-refractivity contribution is -0.385. The van der Waals surface area contributed by atoms with Crippen LogP contribution in [0.25, 0.3) is 6.08 Å². The van der Waals surface area contributed by atoms with E-state index in [2.05, 4.69) is 9.47 Å². The molecule has 0 aliphatic heterocycles. The number of nitro benzene ring substituents is 1. The molecular formula is C14H16N2O6. The molecule has 1 aromatic rings. The first-order valence-electron chi connectivity index (χ1n) is 6.15. The molecule has 0 aliphatic rings. The van der Waals surface area contributed by atoms with Crippen LogP contribution in [0.15, 0.2) is 18.3 Å². The Labute approximate surface area is 127 Å². The molecule has 0 bridgehead atoms. The maximum atomic E-state index is 11.8. The second-order valence-electron chi connectivity index (χ2n) is 4.48. The first kappa shape index (κ1) is 17.2. The molecule has 1 aromatic carbocycles. The summed E-state index contributed by atoms with van der Waals surface area (Å²) in [5.41, 5.74) is -0.459. The summed E-state index contributed by atoms with van der Waals surface area (Å²) in [5.74, 6) is -1.64. The number of hydrogen-bond acceptors (Lipinski definition) is 7. The number of esters is 2. The smallest absolute Gasteiger partial charge is 0.338 e. The third kappa shape index (κ3) is 3.81. The highest BCUT2D eigenvalue weighted by atomic mass is 16.6. The van der Waals surface area contributed by atoms with Gasteiger partial charge in [0.25, 0.3) is 5.69 Å². The van der Waals surface area contributed by atoms with Crippen molar-refractivity contribution in [1.82, 2.24) is 4.90 Å². The van der Waals surface area contributed by atoms with E-state index in [1.807, 2.05) is 0 Å². The molecule has 22 heavy (non-hydrogen) atoms. The predicted molar refractivity (Wildman–Crippen MR) is 78.5 cm³/mol. The Hall–Kier alpha value is -2.90. The summed E-state index contributed by atoms with van der Waals surface area (Å²) in [6.45, 7) is 0. The van der Waals surface area contributed by atoms with Gasteiger partial charge in [-0.3, -0.25) is 10.1 Å². The molecule has 0 unspecified atom stereocenters. The Morgan fingerprint density at radius 3 is 2.05 bits per heavy atom. The van der Waals surface area contributed by atoms with Crippen molar-refractivity contribution in [2.45, 2.75) is 0 Å². The Morgan fingerprint density at radius 2 is 1.64 bits per heavy atom. The fourth-order valence-electron chi connectivity index (χ4n) is 1.68. The topological polar surface area (TPSA) is 99.0 Å². The van der Waals surface area contributed by atoms with Crippen molar-refractivity contribution in [1.29, 1.82) is 0 Å². The van der Waals surface area contributed by atoms with Crippen molar-refractivity contribution in [2.24, 2.45) is 0 Å². The number of hydrogen-bond donors (Lipinski definition) is 0. The monoisotopic (exact) mass is 308 g/mol. The normalized spacial score (nSPS) is 10.4. The van der Waals surface area contributed by atoms with Crippen LogP contribution in [0, 0.1) is 10.1 Å². The van der Waals surface area contributed by atoms with Crippen LogP contribution < -0.4 is 0 Å². The maximum Gasteiger partial charge on any atom is 0.338 e. The number of nitrogens with zero attached hydrogens (tertiary/aromatic N) is 2. The van der Waals surface area contributed by atoms with E-state index in [-0.39, 0.29) is 22.4 Å². The van der Waals surface area contributed by atoms with E-state index in [4.69, 9.17) is 0 Å². The van der Waals surface area contributed by atoms with Crippen molar-refractivity contribution in [3.05, 3.63) is 45.1 Å². The molecule has 0 heterocycles. The van der Waals surface area contributed by atoms with E-state index in [1.165, 1.54) is 12.1 Å². The fourth-order valence-corrected chi connectivity index (χ4v) is 1.68. The van der Waals surface area contributed by atoms with Crippen LogP contribution in [0.1, 0.15) is 26.3 Å². The van der Waals surface area contributed by atoms with E-state index in [0.29, 0.717) is 0 Å². The summed E-state index contributed by atoms with van der Waals surface area (Å²) in [6, 6.07) is 2.24. The second-order valence-corrected chi connectivity index (χ2v) is 4.48. The van der Waals surface area contributed by atoms with Gasteiger partial charge in [0.05, 0.1) is 35.8 Å². The molecule has 0 atom stereocenters. The van der Waals surface area contributed by atoms with Crippen LogP contribution in [-0.4, -0.2) is 50.1 Å². The van der Waals surface area contributed by atoms with Gasteiger partial charge in [0.15, 0.2) is 0 Å². The number of benzene rings is 1. The van der Waals surface area contributed by atoms with Gasteiger partial charge in [0, 0.05) is 20.2 Å². The van der Waals surface area contributed by atoms with Gasteiger partial charge >= 0.3 is 11.9 Å². The molecule has 0 saturated heterocycles. The minimum absolute atomic E-state index is 0.0987. The minimum Gasteiger partial charge on any atom is -0.465 e. The number of ether oxygens (including phenoxy) is 2. The summed E-state index contributed by atoms with van der Waals surface area (Å²) in [7, 11) is 5.76. The zero-order valence-electron chi connectivity index (χ0n) is 12.7. The standard InChI is InChI=1S/C14H16N2O6/c1-15(2)6-5-9-7-10(13(17)21-3)11(14(18)22-4)8-12(9)16(19)20/h5-8H,1-4H3/b6-5+. The number of nitro groups is 1. The minimum atomic E-state index is -0.855. The summed E-state index contributed by atoms with van der Waals surface area (Å²) < 4.78 is 9.15. The highest BCUT2D eigenvalue weighted by molar-refractivity contribution is 6.04. The molecule has 1 rings (SSSR count). The van der Waals surface area contributed by atoms with Crippen LogP contribution >= 0.6 is 0 Å². The molecule has 0 aliphatic carbocycles. The summed E-state index contributed by atoms with van der Waals surface area (Å²) in [4.78, 5) is 35.7. The highest BCUT2D eigenvalue weighted by Crippen LogP contribution is 2.26. The molecule has 118 valence electrons. The van der Waals surface area contributed by atoms with Crippen LogP contribution in [0.4, 0.5) is 5.69 Å². The third-order valence-corrected chi connectivity index (χ3v) is 2.73. The van der Waals surface area contributed by atoms with Crippen LogP contribution in [-0.2, 0) is 9.47 Å². The van der Waals surface area contributed by atoms with Crippen LogP contribution in [0.2, 0.25) is 0 Å². The maximum absolute atomic E-state index is 11.8. The van der Waals surface area contributed by atoms with Crippen LogP contribution in [0.5, 0.6) is 0 Å². The second kappa shape index (κ2) is 7.21. The van der Waals surface area contributed by atoms with E-state index in [0.717, 1.165) is 20.3 Å². The van der Waals surface area contributed by atoms with Gasteiger partial charge in [0.2, 0.25) is 0 Å². The van der Waals surface area contributed by atoms with Gasteiger partial charge in [0.1, 0.15) is 0 Å². The Morgan fingerprint density at radius 1 is 1.14 bits per heavy atom. The average molecular weight is 308 g/mol. The first-order chi connectivity index (χ1) is 10.3. The van der Waals surface area contributed by atoms with Gasteiger partial charge < -0.3 is 14.4 Å². The molecular weight excluding hydrogens is 292 g/mol. The van der Waals surface area contributed by atoms with Gasteiger partial charge in [-0.15, -0.1) is 0 Å². The summed E-state index contributed by atoms with van der Waals surface area (Å²) in [5, 5.41) is 11.2. The van der Waals surface area contributed by atoms with E-state index in [1.54, 1.807) is 25.2 Å². The number of carbonyl (C=O) groups excluding carboxylic acids is 2. The van der Waals surface area contributed by atoms with Crippen molar-refractivity contribution in [3.8, 4) is 0 Å². The summed E-state index contributed by atoms with van der Waals surface area (Å²) in [6.07, 6.45) is 3.05. The van der Waals surface area contributed by atoms with Crippen molar-refractivity contribution in [2.75, 3.05) is 28.3 Å². The molecule has 0 fully saturated rings. The quantitative estimate of drug-likeness (QED) is 0.463. The Balaban J connectivity index is 3.60. The molecule has 0 radical (unpaired) electrons.